The van der Waals surface area contributed by atoms with Crippen molar-refractivity contribution in [3.63, 3.8) is 0 Å². The van der Waals surface area contributed by atoms with Crippen LogP contribution in [0.3, 0.4) is 0 Å². The van der Waals surface area contributed by atoms with E-state index in [1.54, 1.807) is 6.92 Å². The molecule has 2 N–H and O–H groups in total. The number of unbranched alkanes of at least 4 members (excludes halogenated alkanes) is 1. The molecule has 0 radical (unpaired) electrons. The Morgan fingerprint density at radius 3 is 2.48 bits per heavy atom. The zero-order valence-corrected chi connectivity index (χ0v) is 13.1. The number of fused-ring (bicyclic) bond motifs is 1. The van der Waals surface area contributed by atoms with Crippen molar-refractivity contribution in [3.05, 3.63) is 20.8 Å². The highest BCUT2D eigenvalue weighted by Crippen LogP contribution is 2.16. The number of aryl methyl sites for hydroxylation is 2. The molecule has 0 unspecified atom stereocenters. The molecule has 2 aromatic heterocycles. The van der Waals surface area contributed by atoms with Crippen LogP contribution in [0.5, 0.6) is 0 Å². The van der Waals surface area contributed by atoms with E-state index in [0.29, 0.717) is 36.5 Å². The maximum absolute atomic E-state index is 12.4. The highest BCUT2D eigenvalue weighted by Gasteiger charge is 2.19. The van der Waals surface area contributed by atoms with Crippen molar-refractivity contribution in [1.82, 2.24) is 18.9 Å². The number of nitrogens with two attached hydrogens (primary N) is 1. The van der Waals surface area contributed by atoms with E-state index in [2.05, 4.69) is 5.10 Å². The van der Waals surface area contributed by atoms with Crippen LogP contribution < -0.4 is 17.0 Å². The molecule has 0 saturated carbocycles. The number of aromatic nitrogens is 4. The molecule has 0 bridgehead atoms. The van der Waals surface area contributed by atoms with Crippen LogP contribution in [-0.4, -0.2) is 24.8 Å². The second-order valence-corrected chi connectivity index (χ2v) is 5.21. The van der Waals surface area contributed by atoms with Gasteiger partial charge in [0.15, 0.2) is 5.65 Å². The quantitative estimate of drug-likeness (QED) is 0.806. The van der Waals surface area contributed by atoms with Crippen LogP contribution in [0.1, 0.15) is 26.7 Å². The summed E-state index contributed by atoms with van der Waals surface area (Å²) in [5, 5.41) is 4.61. The second-order valence-electron chi connectivity index (χ2n) is 4.83. The fourth-order valence-corrected chi connectivity index (χ4v) is 2.52. The van der Waals surface area contributed by atoms with Crippen LogP contribution in [-0.2, 0) is 19.6 Å². The normalized spacial score (nSPS) is 11.4. The van der Waals surface area contributed by atoms with E-state index in [4.69, 9.17) is 17.3 Å². The molecule has 2 aromatic rings. The number of nitrogen functional groups attached to an aromatic ring is 1. The van der Waals surface area contributed by atoms with Crippen molar-refractivity contribution in [1.29, 1.82) is 0 Å². The van der Waals surface area contributed by atoms with Crippen LogP contribution in [0.4, 0.5) is 5.82 Å². The third-order valence-electron chi connectivity index (χ3n) is 3.50. The zero-order valence-electron chi connectivity index (χ0n) is 12.3. The van der Waals surface area contributed by atoms with Crippen LogP contribution in [0.2, 0.25) is 0 Å². The summed E-state index contributed by atoms with van der Waals surface area (Å²) in [7, 11) is 0. The Kier molecular flexibility index (Phi) is 4.72. The maximum Gasteiger partial charge on any atom is 0.332 e. The molecule has 2 heterocycles. The lowest BCUT2D eigenvalue weighted by Gasteiger charge is -2.09. The Balaban J connectivity index is 2.83. The molecule has 0 atom stereocenters. The van der Waals surface area contributed by atoms with Crippen LogP contribution in [0.25, 0.3) is 11.0 Å². The Labute approximate surface area is 126 Å². The standard InChI is InChI=1S/C13H20ClN5O2/c1-3-5-7-18-11-9(10(15)19(16-11)8-6-14)12(20)17(4-2)13(18)21/h3-8,15H2,1-2H3. The molecule has 116 valence electrons. The summed E-state index contributed by atoms with van der Waals surface area (Å²) in [6.45, 7) is 5.02. The molecule has 0 amide bonds. The van der Waals surface area contributed by atoms with E-state index < -0.39 is 0 Å². The van der Waals surface area contributed by atoms with Crippen LogP contribution in [0.15, 0.2) is 9.59 Å². The van der Waals surface area contributed by atoms with Gasteiger partial charge in [-0.3, -0.25) is 13.9 Å². The Morgan fingerprint density at radius 1 is 1.19 bits per heavy atom. The molecule has 0 aliphatic carbocycles. The van der Waals surface area contributed by atoms with Crippen LogP contribution in [0, 0.1) is 0 Å². The van der Waals surface area contributed by atoms with Crippen molar-refractivity contribution < 1.29 is 0 Å². The lowest BCUT2D eigenvalue weighted by Crippen LogP contribution is -2.39. The highest BCUT2D eigenvalue weighted by molar-refractivity contribution is 6.17. The average Bonchev–Trinajstić information content (AvgIpc) is 2.77. The average molecular weight is 314 g/mol. The third-order valence-corrected chi connectivity index (χ3v) is 3.67. The van der Waals surface area contributed by atoms with Crippen LogP contribution >= 0.6 is 11.6 Å². The second kappa shape index (κ2) is 6.34. The van der Waals surface area contributed by atoms with E-state index in [9.17, 15) is 9.59 Å². The molecule has 0 saturated heterocycles. The number of nitrogens with zero attached hydrogens (tertiary/aromatic N) is 4. The molecule has 0 aromatic carbocycles. The number of hydrogen-bond acceptors (Lipinski definition) is 4. The summed E-state index contributed by atoms with van der Waals surface area (Å²) >= 11 is 5.72. The molecule has 0 spiro atoms. The lowest BCUT2D eigenvalue weighted by molar-refractivity contribution is 0.557. The van der Waals surface area contributed by atoms with Gasteiger partial charge in [0.2, 0.25) is 0 Å². The van der Waals surface area contributed by atoms with E-state index >= 15 is 0 Å². The van der Waals surface area contributed by atoms with E-state index in [0.717, 1.165) is 12.8 Å². The first-order valence-corrected chi connectivity index (χ1v) is 7.65. The van der Waals surface area contributed by atoms with Gasteiger partial charge < -0.3 is 5.73 Å². The minimum atomic E-state index is -0.386. The number of anilines is 1. The van der Waals surface area contributed by atoms with Crippen molar-refractivity contribution in [2.75, 3.05) is 11.6 Å². The van der Waals surface area contributed by atoms with E-state index in [-0.39, 0.29) is 17.1 Å². The minimum absolute atomic E-state index is 0.267. The topological polar surface area (TPSA) is 87.8 Å². The smallest absolute Gasteiger partial charge is 0.332 e. The first kappa shape index (κ1) is 15.6. The van der Waals surface area contributed by atoms with Gasteiger partial charge in [-0.05, 0) is 13.3 Å². The van der Waals surface area contributed by atoms with Crippen molar-refractivity contribution in [2.45, 2.75) is 46.3 Å². The Hall–Kier alpha value is -1.76. The summed E-state index contributed by atoms with van der Waals surface area (Å²) in [6, 6.07) is 0. The van der Waals surface area contributed by atoms with E-state index in [1.165, 1.54) is 13.8 Å². The van der Waals surface area contributed by atoms with Gasteiger partial charge in [0.05, 0.1) is 6.54 Å². The summed E-state index contributed by atoms with van der Waals surface area (Å²) in [6.07, 6.45) is 1.77. The first-order valence-electron chi connectivity index (χ1n) is 7.12. The van der Waals surface area contributed by atoms with Gasteiger partial charge in [-0.2, -0.15) is 5.10 Å². The van der Waals surface area contributed by atoms with Gasteiger partial charge in [-0.1, -0.05) is 13.3 Å². The molecule has 0 fully saturated rings. The van der Waals surface area contributed by atoms with Gasteiger partial charge in [-0.25, -0.2) is 9.48 Å². The summed E-state index contributed by atoms with van der Waals surface area (Å²) in [5.41, 5.74) is 5.64. The molecule has 21 heavy (non-hydrogen) atoms. The Bertz CT molecular complexity index is 758. The predicted octanol–water partition coefficient (Wildman–Crippen LogP) is 1.00. The van der Waals surface area contributed by atoms with Crippen molar-refractivity contribution >= 4 is 28.5 Å². The van der Waals surface area contributed by atoms with E-state index in [1.807, 2.05) is 6.92 Å². The molecule has 7 nitrogen and oxygen atoms in total. The lowest BCUT2D eigenvalue weighted by atomic mass is 10.3. The molecule has 0 aliphatic heterocycles. The Morgan fingerprint density at radius 2 is 1.90 bits per heavy atom. The number of hydrogen-bond donors (Lipinski definition) is 1. The van der Waals surface area contributed by atoms with Crippen molar-refractivity contribution in [2.24, 2.45) is 0 Å². The van der Waals surface area contributed by atoms with Gasteiger partial charge in [0, 0.05) is 19.0 Å². The summed E-state index contributed by atoms with van der Waals surface area (Å²) in [5.74, 6) is 0.599. The van der Waals surface area contributed by atoms with Gasteiger partial charge in [0.1, 0.15) is 11.2 Å². The van der Waals surface area contributed by atoms with Gasteiger partial charge in [-0.15, -0.1) is 11.6 Å². The van der Waals surface area contributed by atoms with Crippen molar-refractivity contribution in [3.8, 4) is 0 Å². The molecule has 8 heteroatoms. The molecular formula is C13H20ClN5O2. The zero-order chi connectivity index (χ0) is 15.6. The molecule has 0 aliphatic rings. The minimum Gasteiger partial charge on any atom is -0.383 e. The molecule has 2 rings (SSSR count). The molecular weight excluding hydrogens is 294 g/mol. The summed E-state index contributed by atoms with van der Waals surface area (Å²) in [4.78, 5) is 24.9. The largest absolute Gasteiger partial charge is 0.383 e. The SMILES string of the molecule is CCCCn1c(=O)n(CC)c(=O)c2c(N)n(CCCl)nc21. The predicted molar refractivity (Wildman–Crippen MR) is 84.0 cm³/mol. The maximum atomic E-state index is 12.4. The fourth-order valence-electron chi connectivity index (χ4n) is 2.36. The number of alkyl halides is 1. The fraction of sp³-hybridized carbons (Fsp3) is 0.615. The summed E-state index contributed by atoms with van der Waals surface area (Å²) < 4.78 is 4.22. The number of rotatable bonds is 6. The highest BCUT2D eigenvalue weighted by atomic mass is 35.5. The number of halogens is 1. The third kappa shape index (κ3) is 2.57. The van der Waals surface area contributed by atoms with Gasteiger partial charge >= 0.3 is 5.69 Å². The van der Waals surface area contributed by atoms with Gasteiger partial charge in [0.25, 0.3) is 5.56 Å². The monoisotopic (exact) mass is 313 g/mol. The first-order chi connectivity index (χ1) is 10.1.